The average molecular weight is 392 g/mol. The number of nitro groups is 1. The van der Waals surface area contributed by atoms with Gasteiger partial charge in [0.2, 0.25) is 0 Å². The van der Waals surface area contributed by atoms with Gasteiger partial charge in [0.15, 0.2) is 11.8 Å². The Morgan fingerprint density at radius 1 is 1.14 bits per heavy atom. The maximum Gasteiger partial charge on any atom is 0.270 e. The Hall–Kier alpha value is -3.45. The van der Waals surface area contributed by atoms with Crippen LogP contribution in [0.5, 0.6) is 0 Å². The van der Waals surface area contributed by atoms with Gasteiger partial charge in [-0.2, -0.15) is 0 Å². The highest BCUT2D eigenvalue weighted by atomic mass is 16.6. The summed E-state index contributed by atoms with van der Waals surface area (Å²) in [5, 5.41) is 13.9. The summed E-state index contributed by atoms with van der Waals surface area (Å²) in [4.78, 5) is 24.4. The number of non-ortho nitro benzene ring substituents is 1. The molecule has 4 rings (SSSR count). The largest absolute Gasteiger partial charge is 0.463 e. The molecule has 0 radical (unpaired) electrons. The second-order valence-corrected chi connectivity index (χ2v) is 7.19. The van der Waals surface area contributed by atoms with Crippen LogP contribution in [0, 0.1) is 10.1 Å². The molecule has 2 atom stereocenters. The zero-order chi connectivity index (χ0) is 20.2. The van der Waals surface area contributed by atoms with Gasteiger partial charge in [0.25, 0.3) is 11.6 Å². The number of quaternary nitrogens is 1. The number of rotatable bonds is 6. The lowest BCUT2D eigenvalue weighted by atomic mass is 9.98. The molecule has 0 bridgehead atoms. The number of hydrogen-bond donors (Lipinski definition) is 2. The smallest absolute Gasteiger partial charge is 0.270 e. The molecule has 148 valence electrons. The first-order valence-electron chi connectivity index (χ1n) is 9.59. The van der Waals surface area contributed by atoms with Crippen molar-refractivity contribution >= 4 is 11.6 Å². The maximum absolute atomic E-state index is 12.6. The molecule has 29 heavy (non-hydrogen) atoms. The third-order valence-corrected chi connectivity index (χ3v) is 5.42. The molecule has 1 amide bonds. The number of nitrogens with one attached hydrogen (secondary N) is 2. The van der Waals surface area contributed by atoms with E-state index in [-0.39, 0.29) is 23.2 Å². The van der Waals surface area contributed by atoms with E-state index >= 15 is 0 Å². The number of hydrogen-bond acceptors (Lipinski definition) is 4. The molecule has 0 fully saturated rings. The zero-order valence-electron chi connectivity index (χ0n) is 15.8. The highest BCUT2D eigenvalue weighted by Crippen LogP contribution is 2.16. The van der Waals surface area contributed by atoms with Crippen LogP contribution in [0.2, 0.25) is 0 Å². The van der Waals surface area contributed by atoms with Crippen molar-refractivity contribution < 1.29 is 19.0 Å². The van der Waals surface area contributed by atoms with Crippen molar-refractivity contribution in [3.05, 3.63) is 99.5 Å². The third-order valence-electron chi connectivity index (χ3n) is 5.42. The van der Waals surface area contributed by atoms with Crippen LogP contribution < -0.4 is 10.2 Å². The summed E-state index contributed by atoms with van der Waals surface area (Å²) in [6.07, 6.45) is 2.61. The van der Waals surface area contributed by atoms with E-state index < -0.39 is 4.92 Å². The van der Waals surface area contributed by atoms with Crippen LogP contribution in [-0.2, 0) is 13.0 Å². The van der Waals surface area contributed by atoms with Gasteiger partial charge in [-0.15, -0.1) is 0 Å². The lowest BCUT2D eigenvalue weighted by molar-refractivity contribution is -0.946. The molecule has 0 saturated carbocycles. The number of amides is 1. The molecule has 3 aromatic rings. The zero-order valence-corrected chi connectivity index (χ0v) is 15.8. The van der Waals surface area contributed by atoms with Crippen LogP contribution in [0.25, 0.3) is 0 Å². The second kappa shape index (κ2) is 8.28. The fourth-order valence-electron chi connectivity index (χ4n) is 3.89. The summed E-state index contributed by atoms with van der Waals surface area (Å²) in [7, 11) is 0. The third kappa shape index (κ3) is 4.20. The minimum Gasteiger partial charge on any atom is -0.463 e. The quantitative estimate of drug-likeness (QED) is 0.498. The highest BCUT2D eigenvalue weighted by molar-refractivity contribution is 5.94. The van der Waals surface area contributed by atoms with Crippen LogP contribution in [-0.4, -0.2) is 23.9 Å². The topological polar surface area (TPSA) is 89.8 Å². The van der Waals surface area contributed by atoms with Crippen LogP contribution in [0.1, 0.15) is 33.3 Å². The van der Waals surface area contributed by atoms with E-state index in [2.05, 4.69) is 23.5 Å². The Bertz CT molecular complexity index is 1020. The van der Waals surface area contributed by atoms with Crippen LogP contribution in [0.3, 0.4) is 0 Å². The van der Waals surface area contributed by atoms with Gasteiger partial charge in [0, 0.05) is 29.7 Å². The molecular formula is C22H22N3O4+. The normalized spacial score (nSPS) is 16.6. The van der Waals surface area contributed by atoms with Crippen molar-refractivity contribution in [1.29, 1.82) is 0 Å². The molecule has 7 heteroatoms. The summed E-state index contributed by atoms with van der Waals surface area (Å²) in [5.74, 6) is 0.487. The predicted molar refractivity (Wildman–Crippen MR) is 107 cm³/mol. The Labute approximate surface area is 168 Å². The molecule has 1 unspecified atom stereocenters. The molecule has 2 aromatic carbocycles. The van der Waals surface area contributed by atoms with Crippen molar-refractivity contribution in [2.45, 2.75) is 19.0 Å². The van der Waals surface area contributed by atoms with E-state index in [4.69, 9.17) is 4.42 Å². The fourth-order valence-corrected chi connectivity index (χ4v) is 3.89. The Morgan fingerprint density at radius 3 is 2.72 bits per heavy atom. The van der Waals surface area contributed by atoms with Crippen molar-refractivity contribution in [1.82, 2.24) is 5.32 Å². The van der Waals surface area contributed by atoms with Gasteiger partial charge in [0.1, 0.15) is 6.54 Å². The van der Waals surface area contributed by atoms with E-state index in [9.17, 15) is 14.9 Å². The first-order valence-corrected chi connectivity index (χ1v) is 9.59. The minimum atomic E-state index is -0.502. The molecule has 2 N–H and O–H groups in total. The molecule has 0 spiro atoms. The van der Waals surface area contributed by atoms with Crippen molar-refractivity contribution in [2.75, 3.05) is 13.1 Å². The molecule has 1 aromatic heterocycles. The number of nitrogens with zero attached hydrogens (tertiary/aromatic N) is 1. The summed E-state index contributed by atoms with van der Waals surface area (Å²) in [6.45, 7) is 2.18. The van der Waals surface area contributed by atoms with Crippen molar-refractivity contribution in [3.8, 4) is 0 Å². The Morgan fingerprint density at radius 2 is 1.97 bits per heavy atom. The first-order chi connectivity index (χ1) is 14.1. The standard InChI is InChI=1S/C22H21N3O4/c26-22(17-7-3-8-19(13-17)25(27)28)23-14-20(21-9-4-12-29-21)24-11-10-16-5-1-2-6-18(16)15-24/h1-9,12-13,20H,10-11,14-15H2,(H,23,26)/p+1/t20-/m0/s1. The summed E-state index contributed by atoms with van der Waals surface area (Å²) < 4.78 is 5.66. The molecule has 2 heterocycles. The monoisotopic (exact) mass is 392 g/mol. The van der Waals surface area contributed by atoms with Gasteiger partial charge in [-0.3, -0.25) is 14.9 Å². The summed E-state index contributed by atoms with van der Waals surface area (Å²) in [5.41, 5.74) is 2.86. The number of fused-ring (bicyclic) bond motifs is 1. The van der Waals surface area contributed by atoms with Gasteiger partial charge in [-0.25, -0.2) is 0 Å². The predicted octanol–water partition coefficient (Wildman–Crippen LogP) is 2.30. The lowest BCUT2D eigenvalue weighted by Crippen LogP contribution is -3.12. The van der Waals surface area contributed by atoms with Crippen LogP contribution >= 0.6 is 0 Å². The van der Waals surface area contributed by atoms with Gasteiger partial charge in [-0.1, -0.05) is 30.3 Å². The van der Waals surface area contributed by atoms with Gasteiger partial charge >= 0.3 is 0 Å². The molecule has 1 aliphatic heterocycles. The van der Waals surface area contributed by atoms with E-state index in [1.807, 2.05) is 18.2 Å². The molecule has 0 aliphatic carbocycles. The minimum absolute atomic E-state index is 0.0407. The number of benzene rings is 2. The fraction of sp³-hybridized carbons (Fsp3) is 0.227. The van der Waals surface area contributed by atoms with Gasteiger partial charge in [-0.05, 0) is 23.8 Å². The van der Waals surface area contributed by atoms with E-state index in [1.54, 1.807) is 12.3 Å². The van der Waals surface area contributed by atoms with Crippen LogP contribution in [0.4, 0.5) is 5.69 Å². The highest BCUT2D eigenvalue weighted by Gasteiger charge is 2.30. The van der Waals surface area contributed by atoms with Crippen molar-refractivity contribution in [2.24, 2.45) is 0 Å². The number of carbonyl (C=O) groups excluding carboxylic acids is 1. The van der Waals surface area contributed by atoms with E-state index in [1.165, 1.54) is 34.2 Å². The molecular weight excluding hydrogens is 370 g/mol. The average Bonchev–Trinajstić information content (AvgIpc) is 3.28. The summed E-state index contributed by atoms with van der Waals surface area (Å²) in [6, 6.07) is 17.9. The number of nitro benzene ring substituents is 1. The molecule has 0 saturated heterocycles. The van der Waals surface area contributed by atoms with Crippen molar-refractivity contribution in [3.63, 3.8) is 0 Å². The number of furan rings is 1. The second-order valence-electron chi connectivity index (χ2n) is 7.19. The van der Waals surface area contributed by atoms with Gasteiger partial charge < -0.3 is 14.6 Å². The molecule has 7 nitrogen and oxygen atoms in total. The molecule has 1 aliphatic rings. The van der Waals surface area contributed by atoms with E-state index in [0.29, 0.717) is 6.54 Å². The first kappa shape index (κ1) is 18.9. The van der Waals surface area contributed by atoms with Crippen LogP contribution in [0.15, 0.2) is 71.3 Å². The maximum atomic E-state index is 12.6. The number of carbonyl (C=O) groups is 1. The SMILES string of the molecule is O=C(NC[C@@H](c1ccco1)[NH+]1CCc2ccccc2C1)c1cccc([N+](=O)[O-])c1. The Kier molecular flexibility index (Phi) is 5.39. The lowest BCUT2D eigenvalue weighted by Gasteiger charge is -2.31. The van der Waals surface area contributed by atoms with Gasteiger partial charge in [0.05, 0.1) is 24.3 Å². The van der Waals surface area contributed by atoms with E-state index in [0.717, 1.165) is 25.3 Å². The Balaban J connectivity index is 1.50. The summed E-state index contributed by atoms with van der Waals surface area (Å²) >= 11 is 0.